The van der Waals surface area contributed by atoms with Crippen molar-refractivity contribution in [3.05, 3.63) is 101 Å². The zero-order chi connectivity index (χ0) is 35.9. The van der Waals surface area contributed by atoms with Crippen molar-refractivity contribution in [3.63, 3.8) is 0 Å². The van der Waals surface area contributed by atoms with Gasteiger partial charge in [0, 0.05) is 11.4 Å². The van der Waals surface area contributed by atoms with Crippen LogP contribution in [0.4, 0.5) is 17.1 Å². The lowest BCUT2D eigenvalue weighted by molar-refractivity contribution is 0.305. The summed E-state index contributed by atoms with van der Waals surface area (Å²) in [7, 11) is -8.38. The third-order valence-corrected chi connectivity index (χ3v) is 11.9. The second kappa shape index (κ2) is 16.3. The molecule has 9 heteroatoms. The van der Waals surface area contributed by atoms with E-state index in [1.54, 1.807) is 31.2 Å². The predicted octanol–water partition coefficient (Wildman–Crippen LogP) is 10.7. The maximum Gasteiger partial charge on any atom is 0.262 e. The predicted molar refractivity (Wildman–Crippen MR) is 202 cm³/mol. The summed E-state index contributed by atoms with van der Waals surface area (Å²) < 4.78 is 66.1. The van der Waals surface area contributed by atoms with Crippen LogP contribution in [0.15, 0.2) is 93.5 Å². The van der Waals surface area contributed by atoms with Gasteiger partial charge in [0.25, 0.3) is 10.0 Å². The molecule has 0 aliphatic rings. The van der Waals surface area contributed by atoms with Gasteiger partial charge in [0.05, 0.1) is 27.0 Å². The molecular formula is C40H52N2O5S2. The van der Waals surface area contributed by atoms with Crippen molar-refractivity contribution < 1.29 is 21.6 Å². The van der Waals surface area contributed by atoms with Gasteiger partial charge in [-0.25, -0.2) is 16.8 Å². The van der Waals surface area contributed by atoms with Gasteiger partial charge >= 0.3 is 0 Å². The van der Waals surface area contributed by atoms with Crippen molar-refractivity contribution in [1.82, 2.24) is 0 Å². The third-order valence-electron chi connectivity index (χ3n) is 8.64. The number of rotatable bonds is 16. The highest BCUT2D eigenvalue weighted by Gasteiger charge is 2.31. The monoisotopic (exact) mass is 704 g/mol. The molecule has 2 N–H and O–H groups in total. The lowest BCUT2D eigenvalue weighted by Crippen LogP contribution is -2.21. The molecule has 4 rings (SSSR count). The van der Waals surface area contributed by atoms with Gasteiger partial charge in [-0.1, -0.05) is 98.1 Å². The Morgan fingerprint density at radius 2 is 1.31 bits per heavy atom. The molecule has 0 saturated carbocycles. The van der Waals surface area contributed by atoms with Crippen LogP contribution in [0.3, 0.4) is 0 Å². The smallest absolute Gasteiger partial charge is 0.262 e. The largest absolute Gasteiger partial charge is 0.494 e. The van der Waals surface area contributed by atoms with E-state index >= 15 is 0 Å². The Morgan fingerprint density at radius 3 is 1.86 bits per heavy atom. The SMILES string of the molecule is CCCCCCOc1ccc(Nc2cc(C)c(NS(=O)(=O)c3c(C(C)C)cc(C(C)C)cc3C(C)C)c(S(=O)(=O)c3ccccc3)c2)cc1. The van der Waals surface area contributed by atoms with Crippen molar-refractivity contribution in [3.8, 4) is 5.75 Å². The summed E-state index contributed by atoms with van der Waals surface area (Å²) in [5.74, 6) is 0.809. The summed E-state index contributed by atoms with van der Waals surface area (Å²) in [6, 6.07) is 22.8. The van der Waals surface area contributed by atoms with Crippen LogP contribution in [-0.2, 0) is 19.9 Å². The minimum atomic E-state index is -4.23. The van der Waals surface area contributed by atoms with Crippen LogP contribution < -0.4 is 14.8 Å². The van der Waals surface area contributed by atoms with E-state index in [4.69, 9.17) is 4.74 Å². The Bertz CT molecular complexity index is 1910. The summed E-state index contributed by atoms with van der Waals surface area (Å²) in [6.07, 6.45) is 4.50. The summed E-state index contributed by atoms with van der Waals surface area (Å²) >= 11 is 0. The van der Waals surface area contributed by atoms with Crippen LogP contribution in [0.5, 0.6) is 5.75 Å². The number of anilines is 3. The Hall–Kier alpha value is -3.82. The standard InChI is InChI=1S/C40H52N2O5S2/c1-9-10-11-15-22-47-34-20-18-32(19-21-34)41-33-23-30(8)39(38(26-33)48(43,44)35-16-13-12-14-17-35)42-49(45,46)40-36(28(4)5)24-31(27(2)3)25-37(40)29(6)7/h12-14,16-21,23-29,41-42H,9-11,15,22H2,1-8H3. The van der Waals surface area contributed by atoms with E-state index in [1.807, 2.05) is 64.1 Å². The summed E-state index contributed by atoms with van der Waals surface area (Å²) in [5, 5.41) is 3.31. The van der Waals surface area contributed by atoms with Crippen molar-refractivity contribution in [1.29, 1.82) is 0 Å². The van der Waals surface area contributed by atoms with Crippen LogP contribution in [0, 0.1) is 6.92 Å². The van der Waals surface area contributed by atoms with Gasteiger partial charge in [-0.2, -0.15) is 0 Å². The van der Waals surface area contributed by atoms with E-state index in [0.717, 1.165) is 29.8 Å². The topological polar surface area (TPSA) is 102 Å². The average Bonchev–Trinajstić information content (AvgIpc) is 3.06. The highest BCUT2D eigenvalue weighted by Crippen LogP contribution is 2.39. The zero-order valence-corrected chi connectivity index (χ0v) is 31.8. The van der Waals surface area contributed by atoms with Gasteiger partial charge in [0.1, 0.15) is 5.75 Å². The molecule has 0 saturated heterocycles. The Labute approximate surface area is 294 Å². The first-order valence-electron chi connectivity index (χ1n) is 17.3. The molecule has 0 aliphatic carbocycles. The van der Waals surface area contributed by atoms with Crippen LogP contribution in [0.1, 0.15) is 114 Å². The second-order valence-corrected chi connectivity index (χ2v) is 17.2. The first-order valence-corrected chi connectivity index (χ1v) is 20.3. The van der Waals surface area contributed by atoms with Crippen LogP contribution in [0.2, 0.25) is 0 Å². The molecule has 0 radical (unpaired) electrons. The molecule has 0 aromatic heterocycles. The number of unbranched alkanes of at least 4 members (excludes halogenated alkanes) is 3. The molecule has 264 valence electrons. The maximum absolute atomic E-state index is 14.5. The van der Waals surface area contributed by atoms with E-state index in [-0.39, 0.29) is 38.1 Å². The van der Waals surface area contributed by atoms with Crippen LogP contribution >= 0.6 is 0 Å². The molecule has 4 aromatic carbocycles. The second-order valence-electron chi connectivity index (χ2n) is 13.6. The minimum Gasteiger partial charge on any atom is -0.494 e. The number of benzene rings is 4. The molecule has 0 atom stereocenters. The number of sulfone groups is 1. The molecule has 0 bridgehead atoms. The van der Waals surface area contributed by atoms with E-state index in [9.17, 15) is 16.8 Å². The number of aryl methyl sites for hydroxylation is 1. The Kier molecular flexibility index (Phi) is 12.6. The van der Waals surface area contributed by atoms with Gasteiger partial charge in [-0.05, 0) is 102 Å². The third kappa shape index (κ3) is 9.25. The summed E-state index contributed by atoms with van der Waals surface area (Å²) in [4.78, 5) is 0.145. The summed E-state index contributed by atoms with van der Waals surface area (Å²) in [6.45, 7) is 16.6. The fourth-order valence-electron chi connectivity index (χ4n) is 5.80. The van der Waals surface area contributed by atoms with E-state index in [2.05, 4.69) is 30.8 Å². The highest BCUT2D eigenvalue weighted by atomic mass is 32.2. The lowest BCUT2D eigenvalue weighted by atomic mass is 9.89. The van der Waals surface area contributed by atoms with E-state index in [1.165, 1.54) is 31.0 Å². The lowest BCUT2D eigenvalue weighted by Gasteiger charge is -2.24. The molecule has 49 heavy (non-hydrogen) atoms. The quantitative estimate of drug-likeness (QED) is 0.113. The number of sulfonamides is 1. The number of hydrogen-bond donors (Lipinski definition) is 2. The van der Waals surface area contributed by atoms with Gasteiger partial charge < -0.3 is 10.1 Å². The summed E-state index contributed by atoms with van der Waals surface area (Å²) in [5.41, 5.74) is 4.22. The number of hydrogen-bond acceptors (Lipinski definition) is 6. The van der Waals surface area contributed by atoms with E-state index in [0.29, 0.717) is 29.0 Å². The molecule has 0 fully saturated rings. The molecular weight excluding hydrogens is 653 g/mol. The average molecular weight is 705 g/mol. The highest BCUT2D eigenvalue weighted by molar-refractivity contribution is 7.93. The molecule has 4 aromatic rings. The molecule has 0 spiro atoms. The molecule has 0 amide bonds. The number of ether oxygens (including phenoxy) is 1. The number of nitrogens with one attached hydrogen (secondary N) is 2. The molecule has 0 heterocycles. The van der Waals surface area contributed by atoms with Gasteiger partial charge in [0.2, 0.25) is 9.84 Å². The van der Waals surface area contributed by atoms with Crippen molar-refractivity contribution in [2.24, 2.45) is 0 Å². The molecule has 7 nitrogen and oxygen atoms in total. The van der Waals surface area contributed by atoms with Gasteiger partial charge in [-0.3, -0.25) is 4.72 Å². The van der Waals surface area contributed by atoms with Crippen molar-refractivity contribution in [2.45, 2.75) is 114 Å². The van der Waals surface area contributed by atoms with Gasteiger partial charge in [-0.15, -0.1) is 0 Å². The minimum absolute atomic E-state index is 0.0265. The molecule has 0 aliphatic heterocycles. The fraction of sp³-hybridized carbons (Fsp3) is 0.400. The normalized spacial score (nSPS) is 12.1. The Morgan fingerprint density at radius 1 is 0.694 bits per heavy atom. The molecule has 0 unspecified atom stereocenters. The van der Waals surface area contributed by atoms with Gasteiger partial charge in [0.15, 0.2) is 0 Å². The zero-order valence-electron chi connectivity index (χ0n) is 30.1. The van der Waals surface area contributed by atoms with Crippen molar-refractivity contribution in [2.75, 3.05) is 16.6 Å². The van der Waals surface area contributed by atoms with E-state index < -0.39 is 19.9 Å². The van der Waals surface area contributed by atoms with Crippen LogP contribution in [0.25, 0.3) is 0 Å². The first-order chi connectivity index (χ1) is 23.1. The van der Waals surface area contributed by atoms with Crippen molar-refractivity contribution >= 4 is 36.9 Å². The first kappa shape index (κ1) is 38.0. The maximum atomic E-state index is 14.5. The Balaban J connectivity index is 1.79. The van der Waals surface area contributed by atoms with Crippen LogP contribution in [-0.4, -0.2) is 23.4 Å². The fourth-order valence-corrected chi connectivity index (χ4v) is 9.25.